The fraction of sp³-hybridized carbons (Fsp3) is 0.545. The van der Waals surface area contributed by atoms with Crippen LogP contribution in [-0.4, -0.2) is 42.1 Å². The molecule has 0 atom stereocenters. The molecule has 0 unspecified atom stereocenters. The zero-order valence-electron chi connectivity index (χ0n) is 11.1. The summed E-state index contributed by atoms with van der Waals surface area (Å²) < 4.78 is 5.09. The number of carbonyl (C=O) groups is 2. The molecule has 0 radical (unpaired) electrons. The van der Waals surface area contributed by atoms with Gasteiger partial charge in [0.05, 0.1) is 11.8 Å². The molecule has 1 rings (SSSR count). The van der Waals surface area contributed by atoms with Crippen LogP contribution in [0.3, 0.4) is 0 Å². The van der Waals surface area contributed by atoms with E-state index in [1.165, 1.54) is 4.90 Å². The van der Waals surface area contributed by atoms with Gasteiger partial charge in [-0.2, -0.15) is 0 Å². The van der Waals surface area contributed by atoms with Crippen molar-refractivity contribution in [3.05, 3.63) is 10.6 Å². The van der Waals surface area contributed by atoms with Gasteiger partial charge in [0.2, 0.25) is 0 Å². The number of carbonyl (C=O) groups excluding carboxylic acids is 2. The molecule has 1 N–H and O–H groups in total. The molecule has 7 heteroatoms. The Morgan fingerprint density at radius 2 is 2.00 bits per heavy atom. The van der Waals surface area contributed by atoms with Crippen LogP contribution in [0.5, 0.6) is 0 Å². The predicted octanol–water partition coefficient (Wildman–Crippen LogP) is 2.11. The van der Waals surface area contributed by atoms with E-state index in [4.69, 9.17) is 4.74 Å². The molecule has 100 valence electrons. The van der Waals surface area contributed by atoms with Crippen LogP contribution in [0.15, 0.2) is 0 Å². The molecular formula is C11H17N3O3S. The third kappa shape index (κ3) is 3.69. The van der Waals surface area contributed by atoms with Gasteiger partial charge in [0, 0.05) is 14.1 Å². The Morgan fingerprint density at radius 1 is 1.39 bits per heavy atom. The zero-order valence-corrected chi connectivity index (χ0v) is 11.9. The van der Waals surface area contributed by atoms with Crippen LogP contribution in [0.1, 0.15) is 29.2 Å². The summed E-state index contributed by atoms with van der Waals surface area (Å²) in [6.07, 6.45) is -0.182. The van der Waals surface area contributed by atoms with E-state index in [1.54, 1.807) is 34.9 Å². The molecule has 0 saturated carbocycles. The van der Waals surface area contributed by atoms with Crippen molar-refractivity contribution in [3.63, 3.8) is 0 Å². The molecule has 0 aliphatic heterocycles. The molecule has 0 bridgehead atoms. The van der Waals surface area contributed by atoms with Crippen molar-refractivity contribution in [1.29, 1.82) is 0 Å². The van der Waals surface area contributed by atoms with Crippen molar-refractivity contribution in [2.75, 3.05) is 19.4 Å². The summed E-state index contributed by atoms with van der Waals surface area (Å²) in [5.41, 5.74) is 0.555. The van der Waals surface area contributed by atoms with Gasteiger partial charge in [-0.1, -0.05) is 11.3 Å². The van der Waals surface area contributed by atoms with Crippen LogP contribution in [-0.2, 0) is 4.74 Å². The molecule has 18 heavy (non-hydrogen) atoms. The first-order valence-corrected chi connectivity index (χ1v) is 6.29. The first kappa shape index (κ1) is 14.4. The molecule has 0 aromatic carbocycles. The number of nitrogens with one attached hydrogen (secondary N) is 1. The Labute approximate surface area is 110 Å². The van der Waals surface area contributed by atoms with Crippen LogP contribution < -0.4 is 5.32 Å². The van der Waals surface area contributed by atoms with E-state index in [0.29, 0.717) is 15.7 Å². The van der Waals surface area contributed by atoms with E-state index in [0.717, 1.165) is 11.3 Å². The fourth-order valence-electron chi connectivity index (χ4n) is 1.11. The second kappa shape index (κ2) is 5.81. The second-order valence-electron chi connectivity index (χ2n) is 4.21. The fourth-order valence-corrected chi connectivity index (χ4v) is 1.95. The molecule has 0 fully saturated rings. The van der Waals surface area contributed by atoms with Crippen LogP contribution >= 0.6 is 11.3 Å². The number of hydrogen-bond acceptors (Lipinski definition) is 5. The summed E-state index contributed by atoms with van der Waals surface area (Å²) >= 11 is 1.11. The zero-order chi connectivity index (χ0) is 13.9. The van der Waals surface area contributed by atoms with Gasteiger partial charge in [0.1, 0.15) is 4.88 Å². The smallest absolute Gasteiger partial charge is 0.350 e. The molecule has 0 saturated heterocycles. The lowest BCUT2D eigenvalue weighted by molar-refractivity contribution is 0.0382. The van der Waals surface area contributed by atoms with Gasteiger partial charge in [-0.25, -0.2) is 14.6 Å². The lowest BCUT2D eigenvalue weighted by Gasteiger charge is -2.09. The molecular weight excluding hydrogens is 254 g/mol. The Hall–Kier alpha value is -1.63. The molecule has 1 aromatic rings. The van der Waals surface area contributed by atoms with Crippen LogP contribution in [0.25, 0.3) is 0 Å². The van der Waals surface area contributed by atoms with Gasteiger partial charge < -0.3 is 9.64 Å². The number of esters is 1. The van der Waals surface area contributed by atoms with Gasteiger partial charge in [-0.05, 0) is 20.8 Å². The third-order valence-corrected chi connectivity index (χ3v) is 3.00. The van der Waals surface area contributed by atoms with Gasteiger partial charge in [0.15, 0.2) is 5.13 Å². The number of thiazole rings is 1. The first-order valence-electron chi connectivity index (χ1n) is 5.48. The van der Waals surface area contributed by atoms with E-state index < -0.39 is 5.97 Å². The largest absolute Gasteiger partial charge is 0.459 e. The van der Waals surface area contributed by atoms with E-state index >= 15 is 0 Å². The van der Waals surface area contributed by atoms with Gasteiger partial charge >= 0.3 is 12.0 Å². The normalized spacial score (nSPS) is 10.3. The van der Waals surface area contributed by atoms with Gasteiger partial charge in [0.25, 0.3) is 0 Å². The number of aryl methyl sites for hydroxylation is 1. The van der Waals surface area contributed by atoms with Crippen molar-refractivity contribution < 1.29 is 14.3 Å². The monoisotopic (exact) mass is 271 g/mol. The number of anilines is 1. The van der Waals surface area contributed by atoms with E-state index in [9.17, 15) is 9.59 Å². The highest BCUT2D eigenvalue weighted by Crippen LogP contribution is 2.23. The molecule has 6 nitrogen and oxygen atoms in total. The number of nitrogens with zero attached hydrogens (tertiary/aromatic N) is 2. The number of aromatic nitrogens is 1. The summed E-state index contributed by atoms with van der Waals surface area (Å²) in [5.74, 6) is -0.412. The highest BCUT2D eigenvalue weighted by molar-refractivity contribution is 7.17. The number of urea groups is 1. The Bertz CT molecular complexity index is 454. The van der Waals surface area contributed by atoms with Gasteiger partial charge in [-0.15, -0.1) is 0 Å². The summed E-state index contributed by atoms with van der Waals surface area (Å²) in [6, 6.07) is -0.285. The Kier molecular flexibility index (Phi) is 4.66. The van der Waals surface area contributed by atoms with E-state index in [1.807, 2.05) is 0 Å². The topological polar surface area (TPSA) is 71.5 Å². The molecule has 2 amide bonds. The highest BCUT2D eigenvalue weighted by atomic mass is 32.1. The summed E-state index contributed by atoms with van der Waals surface area (Å²) in [5, 5.41) is 2.99. The molecule has 0 aliphatic rings. The standard InChI is InChI=1S/C11H17N3O3S/c1-6(2)17-9(15)8-7(3)12-10(18-8)13-11(16)14(4)5/h6H,1-5H3,(H,12,13,16). The minimum absolute atomic E-state index is 0.182. The van der Waals surface area contributed by atoms with Gasteiger partial charge in [-0.3, -0.25) is 5.32 Å². The third-order valence-electron chi connectivity index (χ3n) is 1.94. The average Bonchev–Trinajstić information content (AvgIpc) is 2.58. The summed E-state index contributed by atoms with van der Waals surface area (Å²) in [7, 11) is 3.26. The van der Waals surface area contributed by atoms with Crippen LogP contribution in [0, 0.1) is 6.92 Å². The number of ether oxygens (including phenoxy) is 1. The minimum atomic E-state index is -0.412. The second-order valence-corrected chi connectivity index (χ2v) is 5.21. The summed E-state index contributed by atoms with van der Waals surface area (Å²) in [6.45, 7) is 5.27. The summed E-state index contributed by atoms with van der Waals surface area (Å²) in [4.78, 5) is 29.1. The lowest BCUT2D eigenvalue weighted by Crippen LogP contribution is -2.27. The van der Waals surface area contributed by atoms with E-state index in [2.05, 4.69) is 10.3 Å². The first-order chi connectivity index (χ1) is 8.31. The van der Waals surface area contributed by atoms with Crippen molar-refractivity contribution >= 4 is 28.5 Å². The van der Waals surface area contributed by atoms with E-state index in [-0.39, 0.29) is 12.1 Å². The number of hydrogen-bond donors (Lipinski definition) is 1. The Morgan fingerprint density at radius 3 is 2.50 bits per heavy atom. The molecule has 0 spiro atoms. The van der Waals surface area contributed by atoms with Crippen molar-refractivity contribution in [3.8, 4) is 0 Å². The maximum atomic E-state index is 11.7. The van der Waals surface area contributed by atoms with Crippen LogP contribution in [0.2, 0.25) is 0 Å². The highest BCUT2D eigenvalue weighted by Gasteiger charge is 2.19. The minimum Gasteiger partial charge on any atom is -0.459 e. The molecule has 1 heterocycles. The molecule has 1 aromatic heterocycles. The molecule has 0 aliphatic carbocycles. The van der Waals surface area contributed by atoms with Crippen molar-refractivity contribution in [2.24, 2.45) is 0 Å². The maximum Gasteiger partial charge on any atom is 0.350 e. The maximum absolute atomic E-state index is 11.7. The lowest BCUT2D eigenvalue weighted by atomic mass is 10.4. The Balaban J connectivity index is 2.82. The number of amides is 2. The average molecular weight is 271 g/mol. The quantitative estimate of drug-likeness (QED) is 0.855. The predicted molar refractivity (Wildman–Crippen MR) is 70.1 cm³/mol. The van der Waals surface area contributed by atoms with Crippen LogP contribution in [0.4, 0.5) is 9.93 Å². The van der Waals surface area contributed by atoms with Crippen molar-refractivity contribution in [2.45, 2.75) is 26.9 Å². The SMILES string of the molecule is Cc1nc(NC(=O)N(C)C)sc1C(=O)OC(C)C. The number of rotatable bonds is 3. The van der Waals surface area contributed by atoms with Crippen molar-refractivity contribution in [1.82, 2.24) is 9.88 Å².